The SMILES string of the molecule is C[Si](C)(C)CCOCn1cc(C#N)c2nc(-c3cnc(S(C)(=O)=O)nc3NC3CCCN(S(C)(=O)=O)C3)cnc21. The maximum Gasteiger partial charge on any atom is 0.248 e. The molecule has 4 heterocycles. The monoisotopic (exact) mass is 606 g/mol. The normalized spacial score (nSPS) is 17.1. The zero-order valence-corrected chi connectivity index (χ0v) is 25.9. The molecule has 1 saturated heterocycles. The summed E-state index contributed by atoms with van der Waals surface area (Å²) in [6.07, 6.45) is 7.97. The number of sulfone groups is 1. The molecule has 13 nitrogen and oxygen atoms in total. The van der Waals surface area contributed by atoms with Gasteiger partial charge in [-0.2, -0.15) is 5.26 Å². The molecule has 0 aliphatic carbocycles. The van der Waals surface area contributed by atoms with Crippen LogP contribution >= 0.6 is 0 Å². The van der Waals surface area contributed by atoms with Gasteiger partial charge < -0.3 is 14.6 Å². The number of hydrogen-bond acceptors (Lipinski definition) is 11. The van der Waals surface area contributed by atoms with Gasteiger partial charge in [0.05, 0.1) is 29.3 Å². The van der Waals surface area contributed by atoms with Crippen LogP contribution in [0.2, 0.25) is 25.7 Å². The van der Waals surface area contributed by atoms with Gasteiger partial charge in [0.15, 0.2) is 5.65 Å². The number of nitrogens with zero attached hydrogens (tertiary/aromatic N) is 7. The lowest BCUT2D eigenvalue weighted by atomic mass is 10.1. The summed E-state index contributed by atoms with van der Waals surface area (Å²) in [6.45, 7) is 8.28. The first-order chi connectivity index (χ1) is 18.7. The van der Waals surface area contributed by atoms with Crippen molar-refractivity contribution >= 4 is 44.9 Å². The van der Waals surface area contributed by atoms with E-state index in [1.54, 1.807) is 10.8 Å². The molecule has 3 aromatic heterocycles. The standard InChI is InChI=1S/C24H34N8O5S2Si/c1-38(33,34)24-27-12-19(22(30-24)28-18-7-6-8-32(15-18)39(2,35)36)20-13-26-23-21(29-20)17(11-25)14-31(23)16-37-9-10-40(3,4)5/h12-14,18H,6-10,15-16H2,1-5H3,(H,27,28,30). The number of piperidine rings is 1. The van der Waals surface area contributed by atoms with Crippen molar-refractivity contribution in [3.05, 3.63) is 24.2 Å². The molecule has 40 heavy (non-hydrogen) atoms. The minimum Gasteiger partial charge on any atom is -0.365 e. The molecule has 0 radical (unpaired) electrons. The number of anilines is 1. The van der Waals surface area contributed by atoms with Crippen LogP contribution in [0, 0.1) is 11.3 Å². The maximum absolute atomic E-state index is 12.2. The van der Waals surface area contributed by atoms with Crippen LogP contribution in [0.5, 0.6) is 0 Å². The highest BCUT2D eigenvalue weighted by atomic mass is 32.2. The van der Waals surface area contributed by atoms with Crippen LogP contribution in [-0.4, -0.2) is 92.0 Å². The summed E-state index contributed by atoms with van der Waals surface area (Å²) in [5.74, 6) is 0.192. The fourth-order valence-electron chi connectivity index (χ4n) is 4.30. The number of rotatable bonds is 10. The zero-order valence-electron chi connectivity index (χ0n) is 23.2. The molecule has 1 atom stereocenters. The predicted molar refractivity (Wildman–Crippen MR) is 154 cm³/mol. The third-order valence-electron chi connectivity index (χ3n) is 6.48. The minimum absolute atomic E-state index is 0.192. The molecule has 1 aliphatic heterocycles. The van der Waals surface area contributed by atoms with Crippen molar-refractivity contribution in [1.82, 2.24) is 28.8 Å². The lowest BCUT2D eigenvalue weighted by Crippen LogP contribution is -2.44. The van der Waals surface area contributed by atoms with Crippen LogP contribution in [0.15, 0.2) is 23.7 Å². The van der Waals surface area contributed by atoms with E-state index in [1.807, 2.05) is 0 Å². The number of sulfonamides is 1. The number of nitriles is 1. The zero-order chi connectivity index (χ0) is 29.3. The molecule has 4 rings (SSSR count). The van der Waals surface area contributed by atoms with Gasteiger partial charge in [-0.1, -0.05) is 19.6 Å². The van der Waals surface area contributed by atoms with Gasteiger partial charge in [-0.3, -0.25) is 0 Å². The number of hydrogen-bond donors (Lipinski definition) is 1. The first-order valence-corrected chi connectivity index (χ1v) is 20.2. The summed E-state index contributed by atoms with van der Waals surface area (Å²) < 4.78 is 57.6. The Balaban J connectivity index is 1.69. The van der Waals surface area contributed by atoms with Gasteiger partial charge in [0.25, 0.3) is 0 Å². The summed E-state index contributed by atoms with van der Waals surface area (Å²) in [6, 6.07) is 2.85. The third kappa shape index (κ3) is 7.20. The van der Waals surface area contributed by atoms with E-state index in [4.69, 9.17) is 4.74 Å². The molecule has 0 bridgehead atoms. The van der Waals surface area contributed by atoms with E-state index < -0.39 is 27.9 Å². The number of ether oxygens (including phenoxy) is 1. The van der Waals surface area contributed by atoms with Crippen LogP contribution in [0.3, 0.4) is 0 Å². The average Bonchev–Trinajstić information content (AvgIpc) is 3.22. The van der Waals surface area contributed by atoms with Gasteiger partial charge in [-0.15, -0.1) is 0 Å². The van der Waals surface area contributed by atoms with Gasteiger partial charge in [0.1, 0.15) is 24.1 Å². The topological polar surface area (TPSA) is 173 Å². The molecule has 16 heteroatoms. The Hall–Kier alpha value is -2.97. The van der Waals surface area contributed by atoms with Gasteiger partial charge in [-0.05, 0) is 18.9 Å². The molecule has 1 unspecified atom stereocenters. The van der Waals surface area contributed by atoms with E-state index in [0.717, 1.165) is 18.6 Å². The first-order valence-electron chi connectivity index (χ1n) is 12.8. The summed E-state index contributed by atoms with van der Waals surface area (Å²) in [5.41, 5.74) is 1.87. The van der Waals surface area contributed by atoms with Gasteiger partial charge in [0.2, 0.25) is 25.0 Å². The van der Waals surface area contributed by atoms with Crippen molar-refractivity contribution in [1.29, 1.82) is 5.26 Å². The van der Waals surface area contributed by atoms with Crippen LogP contribution in [0.1, 0.15) is 18.4 Å². The van der Waals surface area contributed by atoms with Crippen molar-refractivity contribution in [2.24, 2.45) is 0 Å². The molecule has 1 aliphatic rings. The van der Waals surface area contributed by atoms with Crippen LogP contribution < -0.4 is 5.32 Å². The average molecular weight is 607 g/mol. The molecule has 0 saturated carbocycles. The second-order valence-corrected chi connectivity index (χ2v) is 20.7. The molecular formula is C24H34N8O5S2Si. The van der Waals surface area contributed by atoms with Crippen molar-refractivity contribution in [3.63, 3.8) is 0 Å². The number of fused-ring (bicyclic) bond motifs is 1. The first kappa shape index (κ1) is 30.0. The largest absolute Gasteiger partial charge is 0.365 e. The lowest BCUT2D eigenvalue weighted by molar-refractivity contribution is 0.0898. The second kappa shape index (κ2) is 11.5. The Morgan fingerprint density at radius 2 is 1.90 bits per heavy atom. The maximum atomic E-state index is 12.2. The lowest BCUT2D eigenvalue weighted by Gasteiger charge is -2.32. The molecule has 216 valence electrons. The van der Waals surface area contributed by atoms with E-state index in [-0.39, 0.29) is 30.3 Å². The highest BCUT2D eigenvalue weighted by Crippen LogP contribution is 2.29. The summed E-state index contributed by atoms with van der Waals surface area (Å²) in [4.78, 5) is 17.5. The molecular weight excluding hydrogens is 573 g/mol. The minimum atomic E-state index is -3.72. The van der Waals surface area contributed by atoms with Crippen molar-refractivity contribution in [2.75, 3.05) is 37.5 Å². The molecule has 3 aromatic rings. The van der Waals surface area contributed by atoms with E-state index in [9.17, 15) is 22.1 Å². The highest BCUT2D eigenvalue weighted by Gasteiger charge is 2.28. The third-order valence-corrected chi connectivity index (χ3v) is 10.3. The van der Waals surface area contributed by atoms with Crippen LogP contribution in [-0.2, 0) is 31.3 Å². The van der Waals surface area contributed by atoms with Crippen LogP contribution in [0.25, 0.3) is 22.4 Å². The fraction of sp³-hybridized carbons (Fsp3) is 0.542. The summed E-state index contributed by atoms with van der Waals surface area (Å²) >= 11 is 0. The van der Waals surface area contributed by atoms with Gasteiger partial charge >= 0.3 is 0 Å². The number of nitrogens with one attached hydrogen (secondary N) is 1. The van der Waals surface area contributed by atoms with E-state index in [0.29, 0.717) is 54.0 Å². The van der Waals surface area contributed by atoms with Gasteiger partial charge in [-0.25, -0.2) is 41.1 Å². The predicted octanol–water partition coefficient (Wildman–Crippen LogP) is 2.31. The van der Waals surface area contributed by atoms with E-state index in [2.05, 4.69) is 51.0 Å². The summed E-state index contributed by atoms with van der Waals surface area (Å²) in [7, 11) is -8.36. The number of aromatic nitrogens is 5. The summed E-state index contributed by atoms with van der Waals surface area (Å²) in [5, 5.41) is 12.6. The molecule has 0 aromatic carbocycles. The smallest absolute Gasteiger partial charge is 0.248 e. The molecule has 0 spiro atoms. The van der Waals surface area contributed by atoms with E-state index in [1.165, 1.54) is 16.7 Å². The Morgan fingerprint density at radius 3 is 2.55 bits per heavy atom. The molecule has 1 N–H and O–H groups in total. The second-order valence-electron chi connectivity index (χ2n) is 11.2. The van der Waals surface area contributed by atoms with Gasteiger partial charge in [0, 0.05) is 52.5 Å². The highest BCUT2D eigenvalue weighted by molar-refractivity contribution is 7.90. The van der Waals surface area contributed by atoms with Crippen molar-refractivity contribution in [3.8, 4) is 17.3 Å². The Morgan fingerprint density at radius 1 is 1.15 bits per heavy atom. The van der Waals surface area contributed by atoms with E-state index >= 15 is 0 Å². The van der Waals surface area contributed by atoms with Crippen LogP contribution in [0.4, 0.5) is 5.82 Å². The van der Waals surface area contributed by atoms with Crippen molar-refractivity contribution < 1.29 is 21.6 Å². The molecule has 1 fully saturated rings. The Kier molecular flexibility index (Phi) is 8.62. The van der Waals surface area contributed by atoms with Crippen molar-refractivity contribution in [2.45, 2.75) is 56.5 Å². The quantitative estimate of drug-likeness (QED) is 0.204. The Bertz CT molecular complexity index is 1660. The molecule has 0 amide bonds. The Labute approximate surface area is 235 Å². The fourth-order valence-corrected chi connectivity index (χ4v) is 6.47.